The summed E-state index contributed by atoms with van der Waals surface area (Å²) in [6.07, 6.45) is 0. The quantitative estimate of drug-likeness (QED) is 0.334. The Morgan fingerprint density at radius 2 is 1.11 bits per heavy atom. The summed E-state index contributed by atoms with van der Waals surface area (Å²) in [6, 6.07) is 0. The average molecular weight is 259 g/mol. The molecule has 0 aromatic rings. The van der Waals surface area contributed by atoms with E-state index in [0.29, 0.717) is 0 Å². The predicted molar refractivity (Wildman–Crippen MR) is 14.0 cm³/mol. The van der Waals surface area contributed by atoms with Crippen LogP contribution >= 0.6 is 7.82 Å². The zero-order valence-electron chi connectivity index (χ0n) is 4.13. The Morgan fingerprint density at radius 3 is 1.11 bits per heavy atom. The smallest absolute Gasteiger partial charge is 2.00 e. The van der Waals surface area contributed by atoms with Crippen LogP contribution in [0.15, 0.2) is 0 Å². The van der Waals surface area contributed by atoms with Crippen LogP contribution in [0.1, 0.15) is 0 Å². The van der Waals surface area contributed by atoms with E-state index < -0.39 is 7.82 Å². The van der Waals surface area contributed by atoms with Gasteiger partial charge in [0, 0.05) is 0 Å². The van der Waals surface area contributed by atoms with Crippen molar-refractivity contribution in [1.29, 1.82) is 0 Å². The van der Waals surface area contributed by atoms with Crippen molar-refractivity contribution >= 4 is 25.2 Å². The molecule has 0 saturated heterocycles. The molecule has 0 spiro atoms. The van der Waals surface area contributed by atoms with Crippen molar-refractivity contribution in [2.75, 3.05) is 0 Å². The average Bonchev–Trinajstić information content (AvgIpc) is 0.722. The number of rotatable bonds is 0. The Balaban J connectivity index is -0.0000000133. The van der Waals surface area contributed by atoms with E-state index in [1.165, 1.54) is 0 Å². The molecule has 0 atom stereocenters. The summed E-state index contributed by atoms with van der Waals surface area (Å²) in [4.78, 5) is 25.6. The molecule has 0 radical (unpaired) electrons. The van der Waals surface area contributed by atoms with Crippen LogP contribution in [0.25, 0.3) is 0 Å². The number of phosphoric acid groups is 1. The fourth-order valence-corrected chi connectivity index (χ4v) is 0. The van der Waals surface area contributed by atoms with E-state index >= 15 is 0 Å². The molecule has 0 heterocycles. The van der Waals surface area contributed by atoms with Gasteiger partial charge in [-0.2, -0.15) is 7.82 Å². The predicted octanol–water partition coefficient (Wildman–Crippen LogP) is -3.33. The molecular weight excluding hydrogens is 259 g/mol. The first kappa shape index (κ1) is 30.9. The van der Waals surface area contributed by atoms with Crippen LogP contribution in [0, 0.1) is 0 Å². The molecule has 0 unspecified atom stereocenters. The Bertz CT molecular complexity index is 63.1. The second kappa shape index (κ2) is 12.4. The summed E-state index contributed by atoms with van der Waals surface area (Å²) in [5, 5.41) is 0. The number of hydrogen-bond acceptors (Lipinski definition) is 4. The minimum Gasteiger partial charge on any atom is -2.00 e. The van der Waals surface area contributed by atoms with Crippen LogP contribution < -0.4 is 14.7 Å². The summed E-state index contributed by atoms with van der Waals surface area (Å²) in [6.45, 7) is 0. The molecule has 46 valence electrons. The standard InChI is InChI=1S/Al.Fe.H3O4P.O.Zn/c;;1-5(2,3)4;;/h;;(H3,1,2,3,4);;/q+3;+2;;-2;+2/p-3. The van der Waals surface area contributed by atoms with Gasteiger partial charge in [0.15, 0.2) is 0 Å². The monoisotopic (exact) mass is 258 g/mol. The van der Waals surface area contributed by atoms with Gasteiger partial charge in [-0.1, -0.05) is 0 Å². The van der Waals surface area contributed by atoms with E-state index in [2.05, 4.69) is 0 Å². The second-order valence-electron chi connectivity index (χ2n) is 0.447. The summed E-state index contributed by atoms with van der Waals surface area (Å²) < 4.78 is 8.55. The van der Waals surface area contributed by atoms with Crippen LogP contribution in [0.5, 0.6) is 0 Å². The molecule has 9 heteroatoms. The largest absolute Gasteiger partial charge is 3.00 e. The van der Waals surface area contributed by atoms with Crippen molar-refractivity contribution in [3.05, 3.63) is 0 Å². The molecule has 0 aromatic heterocycles. The van der Waals surface area contributed by atoms with Crippen molar-refractivity contribution in [2.24, 2.45) is 0 Å². The Hall–Kier alpha value is 1.75. The fourth-order valence-electron chi connectivity index (χ4n) is 0. The molecular formula is AlFeO5PZn+2. The van der Waals surface area contributed by atoms with Crippen molar-refractivity contribution in [1.82, 2.24) is 0 Å². The van der Waals surface area contributed by atoms with Crippen LogP contribution in [0.3, 0.4) is 0 Å². The van der Waals surface area contributed by atoms with Crippen molar-refractivity contribution < 1.29 is 61.3 Å². The molecule has 0 aliphatic heterocycles. The van der Waals surface area contributed by atoms with E-state index in [1.807, 2.05) is 0 Å². The van der Waals surface area contributed by atoms with E-state index in [9.17, 15) is 0 Å². The SMILES string of the molecule is O=P([O-])([O-])[O-].[Al+3].[Fe+2].[O-2].[Zn+2]. The van der Waals surface area contributed by atoms with Crippen LogP contribution in [0.4, 0.5) is 0 Å². The molecule has 0 fully saturated rings. The van der Waals surface area contributed by atoms with E-state index in [0.717, 1.165) is 0 Å². The Morgan fingerprint density at radius 1 is 1.11 bits per heavy atom. The molecule has 0 aromatic carbocycles. The van der Waals surface area contributed by atoms with Gasteiger partial charge in [-0.05, 0) is 0 Å². The van der Waals surface area contributed by atoms with Gasteiger partial charge in [-0.15, -0.1) is 0 Å². The van der Waals surface area contributed by atoms with Gasteiger partial charge in [-0.3, -0.25) is 0 Å². The summed E-state index contributed by atoms with van der Waals surface area (Å²) in [5.41, 5.74) is 0. The molecule has 0 amide bonds. The van der Waals surface area contributed by atoms with Gasteiger partial charge >= 0.3 is 53.9 Å². The molecule has 0 saturated carbocycles. The first-order valence-corrected chi connectivity index (χ1v) is 2.19. The normalized spacial score (nSPS) is 6.56. The molecule has 5 nitrogen and oxygen atoms in total. The van der Waals surface area contributed by atoms with Gasteiger partial charge in [0.05, 0.1) is 0 Å². The van der Waals surface area contributed by atoms with Gasteiger partial charge in [0.2, 0.25) is 0 Å². The maximum atomic E-state index is 8.55. The topological polar surface area (TPSA) is 115 Å². The van der Waals surface area contributed by atoms with Gasteiger partial charge in [0.25, 0.3) is 0 Å². The Kier molecular flexibility index (Phi) is 42.7. The third-order valence-electron chi connectivity index (χ3n) is 0. The van der Waals surface area contributed by atoms with Crippen LogP contribution in [-0.4, -0.2) is 17.4 Å². The van der Waals surface area contributed by atoms with Gasteiger partial charge < -0.3 is 24.7 Å². The second-order valence-corrected chi connectivity index (χ2v) is 1.34. The van der Waals surface area contributed by atoms with Gasteiger partial charge in [0.1, 0.15) is 0 Å². The maximum absolute atomic E-state index is 8.55. The van der Waals surface area contributed by atoms with Crippen LogP contribution in [-0.2, 0) is 46.6 Å². The molecule has 0 aliphatic rings. The Labute approximate surface area is 86.1 Å². The molecule has 0 N–H and O–H groups in total. The summed E-state index contributed by atoms with van der Waals surface area (Å²) >= 11 is 0. The number of hydrogen-bond donors (Lipinski definition) is 0. The zero-order valence-corrected chi connectivity index (χ0v) is 10.2. The maximum Gasteiger partial charge on any atom is 3.00 e. The summed E-state index contributed by atoms with van der Waals surface area (Å²) in [5.74, 6) is 0. The third-order valence-corrected chi connectivity index (χ3v) is 0. The van der Waals surface area contributed by atoms with Gasteiger partial charge in [-0.25, -0.2) is 0 Å². The van der Waals surface area contributed by atoms with Crippen molar-refractivity contribution in [2.45, 2.75) is 0 Å². The van der Waals surface area contributed by atoms with Crippen LogP contribution in [0.2, 0.25) is 0 Å². The fraction of sp³-hybridized carbons (Fsp3) is 0. The first-order chi connectivity index (χ1) is 2.00. The molecule has 0 aliphatic carbocycles. The summed E-state index contributed by atoms with van der Waals surface area (Å²) in [7, 11) is -5.39. The first-order valence-electron chi connectivity index (χ1n) is 0.730. The van der Waals surface area contributed by atoms with Crippen molar-refractivity contribution in [3.63, 3.8) is 0 Å². The van der Waals surface area contributed by atoms with E-state index in [1.54, 1.807) is 0 Å². The molecule has 0 bridgehead atoms. The third kappa shape index (κ3) is 192. The van der Waals surface area contributed by atoms with E-state index in [4.69, 9.17) is 19.2 Å². The minimum absolute atomic E-state index is 0. The molecule has 0 rings (SSSR count). The van der Waals surface area contributed by atoms with E-state index in [-0.39, 0.29) is 59.4 Å². The minimum atomic E-state index is -5.39. The molecule has 9 heavy (non-hydrogen) atoms. The zero-order chi connectivity index (χ0) is 4.50. The van der Waals surface area contributed by atoms with Crippen molar-refractivity contribution in [3.8, 4) is 0 Å².